The molecule has 0 saturated carbocycles. The molecule has 0 aliphatic carbocycles. The Balaban J connectivity index is 2.44. The van der Waals surface area contributed by atoms with E-state index >= 15 is 0 Å². The second-order valence-corrected chi connectivity index (χ2v) is 6.84. The summed E-state index contributed by atoms with van der Waals surface area (Å²) in [6, 6.07) is 0.885. The SMILES string of the molecule is CN=C(NCCN(C(C)C)C(C)C)NCc1nc(C(F)(F)F)cs1. The maximum Gasteiger partial charge on any atom is 0.434 e. The van der Waals surface area contributed by atoms with Crippen LogP contribution in [0.15, 0.2) is 10.4 Å². The van der Waals surface area contributed by atoms with Gasteiger partial charge in [0.25, 0.3) is 0 Å². The van der Waals surface area contributed by atoms with Gasteiger partial charge in [-0.3, -0.25) is 9.89 Å². The summed E-state index contributed by atoms with van der Waals surface area (Å²) in [4.78, 5) is 10.0. The molecule has 0 unspecified atom stereocenters. The fraction of sp³-hybridized carbons (Fsp3) is 0.733. The molecule has 2 N–H and O–H groups in total. The van der Waals surface area contributed by atoms with Crippen LogP contribution in [0.5, 0.6) is 0 Å². The molecule has 9 heteroatoms. The van der Waals surface area contributed by atoms with E-state index in [0.717, 1.165) is 23.3 Å². The summed E-state index contributed by atoms with van der Waals surface area (Å²) < 4.78 is 37.6. The van der Waals surface area contributed by atoms with Crippen molar-refractivity contribution in [3.8, 4) is 0 Å². The molecule has 0 fully saturated rings. The van der Waals surface area contributed by atoms with E-state index in [2.05, 4.69) is 53.2 Å². The van der Waals surface area contributed by atoms with E-state index in [1.54, 1.807) is 7.05 Å². The Labute approximate surface area is 145 Å². The lowest BCUT2D eigenvalue weighted by atomic mass is 10.2. The van der Waals surface area contributed by atoms with E-state index in [4.69, 9.17) is 0 Å². The second-order valence-electron chi connectivity index (χ2n) is 5.90. The zero-order valence-electron chi connectivity index (χ0n) is 14.7. The van der Waals surface area contributed by atoms with Crippen LogP contribution in [-0.4, -0.2) is 48.1 Å². The van der Waals surface area contributed by atoms with E-state index in [0.29, 0.717) is 29.6 Å². The fourth-order valence-corrected chi connectivity index (χ4v) is 3.06. The average molecular weight is 365 g/mol. The molecule has 1 rings (SSSR count). The van der Waals surface area contributed by atoms with Crippen LogP contribution in [-0.2, 0) is 12.7 Å². The number of alkyl halides is 3. The van der Waals surface area contributed by atoms with Gasteiger partial charge in [-0.05, 0) is 27.7 Å². The standard InChI is InChI=1S/C15H26F3N5S/c1-10(2)23(11(3)4)7-6-20-14(19-5)21-8-13-22-12(9-24-13)15(16,17)18/h9-11H,6-8H2,1-5H3,(H2,19,20,21). The van der Waals surface area contributed by atoms with Gasteiger partial charge in [0.1, 0.15) is 5.01 Å². The number of guanidine groups is 1. The lowest BCUT2D eigenvalue weighted by molar-refractivity contribution is -0.140. The zero-order valence-corrected chi connectivity index (χ0v) is 15.6. The highest BCUT2D eigenvalue weighted by atomic mass is 32.1. The lowest BCUT2D eigenvalue weighted by Crippen LogP contribution is -2.45. The predicted molar refractivity (Wildman–Crippen MR) is 92.3 cm³/mol. The topological polar surface area (TPSA) is 52.6 Å². The molecule has 138 valence electrons. The van der Waals surface area contributed by atoms with Gasteiger partial charge in [0.2, 0.25) is 0 Å². The number of nitrogens with zero attached hydrogens (tertiary/aromatic N) is 3. The van der Waals surface area contributed by atoms with Gasteiger partial charge in [-0.15, -0.1) is 11.3 Å². The summed E-state index contributed by atoms with van der Waals surface area (Å²) in [5.74, 6) is 0.547. The minimum absolute atomic E-state index is 0.207. The molecule has 0 aliphatic rings. The van der Waals surface area contributed by atoms with E-state index in [-0.39, 0.29) is 6.54 Å². The summed E-state index contributed by atoms with van der Waals surface area (Å²) in [5.41, 5.74) is -0.850. The van der Waals surface area contributed by atoms with Crippen molar-refractivity contribution in [3.63, 3.8) is 0 Å². The molecule has 0 saturated heterocycles. The molecule has 1 aromatic rings. The quantitative estimate of drug-likeness (QED) is 0.576. The largest absolute Gasteiger partial charge is 0.434 e. The van der Waals surface area contributed by atoms with Crippen LogP contribution in [0.1, 0.15) is 38.4 Å². The number of aliphatic imine (C=N–C) groups is 1. The number of hydrogen-bond donors (Lipinski definition) is 2. The first-order valence-electron chi connectivity index (χ1n) is 7.87. The minimum Gasteiger partial charge on any atom is -0.355 e. The molecular weight excluding hydrogens is 339 g/mol. The van der Waals surface area contributed by atoms with Crippen LogP contribution < -0.4 is 10.6 Å². The van der Waals surface area contributed by atoms with Crippen LogP contribution in [0.3, 0.4) is 0 Å². The summed E-state index contributed by atoms with van der Waals surface area (Å²) in [7, 11) is 1.63. The van der Waals surface area contributed by atoms with Crippen molar-refractivity contribution in [2.75, 3.05) is 20.1 Å². The summed E-state index contributed by atoms with van der Waals surface area (Å²) in [5, 5.41) is 7.55. The normalized spacial score (nSPS) is 13.2. The Morgan fingerprint density at radius 1 is 1.25 bits per heavy atom. The first-order chi connectivity index (χ1) is 11.1. The molecule has 0 spiro atoms. The molecule has 1 heterocycles. The van der Waals surface area contributed by atoms with Gasteiger partial charge in [-0.1, -0.05) is 0 Å². The van der Waals surface area contributed by atoms with Crippen LogP contribution in [0, 0.1) is 0 Å². The molecular formula is C15H26F3N5S. The van der Waals surface area contributed by atoms with E-state index in [1.807, 2.05) is 0 Å². The van der Waals surface area contributed by atoms with Crippen molar-refractivity contribution in [1.29, 1.82) is 0 Å². The maximum absolute atomic E-state index is 12.5. The zero-order chi connectivity index (χ0) is 18.3. The molecule has 0 radical (unpaired) electrons. The third kappa shape index (κ3) is 6.64. The number of aromatic nitrogens is 1. The average Bonchev–Trinajstić information content (AvgIpc) is 2.94. The highest BCUT2D eigenvalue weighted by Gasteiger charge is 2.33. The maximum atomic E-state index is 12.5. The number of thiazole rings is 1. The second kappa shape index (κ2) is 9.22. The molecule has 5 nitrogen and oxygen atoms in total. The van der Waals surface area contributed by atoms with Crippen molar-refractivity contribution in [2.45, 2.75) is 52.5 Å². The van der Waals surface area contributed by atoms with Crippen molar-refractivity contribution >= 4 is 17.3 Å². The third-order valence-corrected chi connectivity index (χ3v) is 4.31. The van der Waals surface area contributed by atoms with Gasteiger partial charge in [-0.2, -0.15) is 13.2 Å². The highest BCUT2D eigenvalue weighted by molar-refractivity contribution is 7.09. The van der Waals surface area contributed by atoms with Gasteiger partial charge in [0.05, 0.1) is 6.54 Å². The molecule has 0 aromatic carbocycles. The molecule has 24 heavy (non-hydrogen) atoms. The summed E-state index contributed by atoms with van der Waals surface area (Å²) in [6.45, 7) is 10.3. The Morgan fingerprint density at radius 3 is 2.33 bits per heavy atom. The Bertz CT molecular complexity index is 517. The monoisotopic (exact) mass is 365 g/mol. The minimum atomic E-state index is -4.40. The third-order valence-electron chi connectivity index (χ3n) is 3.46. The predicted octanol–water partition coefficient (Wildman–Crippen LogP) is 2.95. The first-order valence-corrected chi connectivity index (χ1v) is 8.75. The van der Waals surface area contributed by atoms with Crippen molar-refractivity contribution < 1.29 is 13.2 Å². The van der Waals surface area contributed by atoms with Gasteiger partial charge >= 0.3 is 6.18 Å². The Hall–Kier alpha value is -1.35. The van der Waals surface area contributed by atoms with Crippen LogP contribution in [0.4, 0.5) is 13.2 Å². The van der Waals surface area contributed by atoms with Gasteiger partial charge in [0.15, 0.2) is 11.7 Å². The van der Waals surface area contributed by atoms with Crippen LogP contribution in [0.2, 0.25) is 0 Å². The van der Waals surface area contributed by atoms with Crippen LogP contribution in [0.25, 0.3) is 0 Å². The summed E-state index contributed by atoms with van der Waals surface area (Å²) >= 11 is 0.981. The highest BCUT2D eigenvalue weighted by Crippen LogP contribution is 2.29. The van der Waals surface area contributed by atoms with E-state index in [9.17, 15) is 13.2 Å². The molecule has 0 atom stereocenters. The fourth-order valence-electron chi connectivity index (χ4n) is 2.32. The molecule has 0 bridgehead atoms. The van der Waals surface area contributed by atoms with Gasteiger partial charge in [0, 0.05) is 37.6 Å². The number of halogens is 3. The van der Waals surface area contributed by atoms with E-state index < -0.39 is 11.9 Å². The molecule has 1 aromatic heterocycles. The molecule has 0 amide bonds. The van der Waals surface area contributed by atoms with Crippen molar-refractivity contribution in [2.24, 2.45) is 4.99 Å². The van der Waals surface area contributed by atoms with Crippen LogP contribution >= 0.6 is 11.3 Å². The summed E-state index contributed by atoms with van der Waals surface area (Å²) in [6.07, 6.45) is -4.40. The Kier molecular flexibility index (Phi) is 7.95. The number of rotatable bonds is 7. The van der Waals surface area contributed by atoms with Crippen molar-refractivity contribution in [1.82, 2.24) is 20.5 Å². The molecule has 0 aliphatic heterocycles. The Morgan fingerprint density at radius 2 is 1.88 bits per heavy atom. The van der Waals surface area contributed by atoms with Gasteiger partial charge in [-0.25, -0.2) is 4.98 Å². The van der Waals surface area contributed by atoms with E-state index in [1.165, 1.54) is 0 Å². The number of nitrogens with one attached hydrogen (secondary N) is 2. The number of hydrogen-bond acceptors (Lipinski definition) is 4. The van der Waals surface area contributed by atoms with Gasteiger partial charge < -0.3 is 10.6 Å². The lowest BCUT2D eigenvalue weighted by Gasteiger charge is -2.30. The van der Waals surface area contributed by atoms with Crippen molar-refractivity contribution in [3.05, 3.63) is 16.1 Å². The first kappa shape index (κ1) is 20.7. The smallest absolute Gasteiger partial charge is 0.355 e.